The summed E-state index contributed by atoms with van der Waals surface area (Å²) in [5.74, 6) is 0.0703. The molecule has 2 aromatic carbocycles. The summed E-state index contributed by atoms with van der Waals surface area (Å²) < 4.78 is 34.4. The fourth-order valence-corrected chi connectivity index (χ4v) is 2.98. The summed E-state index contributed by atoms with van der Waals surface area (Å²) in [4.78, 5) is 26.1. The number of halogens is 3. The molecule has 9 heteroatoms. The molecule has 3 rings (SSSR count). The molecule has 1 aliphatic heterocycles. The van der Waals surface area contributed by atoms with Crippen LogP contribution in [0.25, 0.3) is 0 Å². The van der Waals surface area contributed by atoms with E-state index >= 15 is 0 Å². The van der Waals surface area contributed by atoms with Gasteiger partial charge in [-0.1, -0.05) is 23.7 Å². The quantitative estimate of drug-likeness (QED) is 0.705. The normalized spacial score (nSPS) is 19.1. The van der Waals surface area contributed by atoms with Crippen molar-refractivity contribution in [2.45, 2.75) is 19.1 Å². The highest BCUT2D eigenvalue weighted by molar-refractivity contribution is 6.30. The molecule has 0 aromatic heterocycles. The molecular formula is C19H17ClF2N2O4. The van der Waals surface area contributed by atoms with Crippen LogP contribution in [-0.4, -0.2) is 36.6 Å². The number of carbonyl (C=O) groups is 2. The topological polar surface area (TPSA) is 67.9 Å². The van der Waals surface area contributed by atoms with Gasteiger partial charge in [-0.15, -0.1) is 0 Å². The molecule has 0 unspecified atom stereocenters. The lowest BCUT2D eigenvalue weighted by Gasteiger charge is -2.22. The number of rotatable bonds is 7. The predicted octanol–water partition coefficient (Wildman–Crippen LogP) is 3.79. The molecule has 1 aliphatic rings. The van der Waals surface area contributed by atoms with E-state index in [9.17, 15) is 18.4 Å². The number of imide groups is 1. The van der Waals surface area contributed by atoms with Crippen LogP contribution in [0.2, 0.25) is 5.02 Å². The Hall–Kier alpha value is -2.87. The zero-order valence-electron chi connectivity index (χ0n) is 14.8. The van der Waals surface area contributed by atoms with E-state index in [0.29, 0.717) is 16.3 Å². The lowest BCUT2D eigenvalue weighted by atomic mass is 9.92. The third kappa shape index (κ3) is 4.17. The van der Waals surface area contributed by atoms with Crippen LogP contribution in [0.1, 0.15) is 12.5 Å². The summed E-state index contributed by atoms with van der Waals surface area (Å²) in [6.45, 7) is -1.23. The molecule has 1 heterocycles. The molecule has 0 aliphatic carbocycles. The molecule has 6 nitrogen and oxygen atoms in total. The van der Waals surface area contributed by atoms with E-state index in [4.69, 9.17) is 16.3 Å². The summed E-state index contributed by atoms with van der Waals surface area (Å²) >= 11 is 5.81. The summed E-state index contributed by atoms with van der Waals surface area (Å²) in [6.07, 6.45) is 0. The predicted molar refractivity (Wildman–Crippen MR) is 97.6 cm³/mol. The van der Waals surface area contributed by atoms with Gasteiger partial charge in [0.1, 0.15) is 23.6 Å². The van der Waals surface area contributed by atoms with Gasteiger partial charge in [0.05, 0.1) is 6.54 Å². The van der Waals surface area contributed by atoms with Gasteiger partial charge in [-0.05, 0) is 48.9 Å². The van der Waals surface area contributed by atoms with E-state index in [0.717, 1.165) is 4.90 Å². The van der Waals surface area contributed by atoms with Gasteiger partial charge in [-0.25, -0.2) is 4.79 Å². The van der Waals surface area contributed by atoms with E-state index in [1.165, 1.54) is 24.3 Å². The average molecular weight is 411 g/mol. The van der Waals surface area contributed by atoms with Crippen LogP contribution < -0.4 is 14.8 Å². The first-order valence-corrected chi connectivity index (χ1v) is 8.75. The molecule has 0 radical (unpaired) electrons. The molecule has 28 heavy (non-hydrogen) atoms. The van der Waals surface area contributed by atoms with Crippen molar-refractivity contribution in [3.63, 3.8) is 0 Å². The van der Waals surface area contributed by atoms with Crippen LogP contribution >= 0.6 is 11.6 Å². The average Bonchev–Trinajstić information content (AvgIpc) is 2.87. The summed E-state index contributed by atoms with van der Waals surface area (Å²) in [7, 11) is 0. The molecule has 2 aromatic rings. The molecule has 1 fully saturated rings. The lowest BCUT2D eigenvalue weighted by Crippen LogP contribution is -2.41. The fraction of sp³-hybridized carbons (Fsp3) is 0.263. The molecule has 0 bridgehead atoms. The number of hydrogen-bond donors (Lipinski definition) is 1. The van der Waals surface area contributed by atoms with Gasteiger partial charge in [0.2, 0.25) is 0 Å². The summed E-state index contributed by atoms with van der Waals surface area (Å²) in [5.41, 5.74) is -0.852. The highest BCUT2D eigenvalue weighted by Gasteiger charge is 2.48. The van der Waals surface area contributed by atoms with Gasteiger partial charge >= 0.3 is 12.6 Å². The first-order valence-electron chi connectivity index (χ1n) is 8.37. The van der Waals surface area contributed by atoms with Gasteiger partial charge in [-0.2, -0.15) is 8.78 Å². The Kier molecular flexibility index (Phi) is 5.69. The second kappa shape index (κ2) is 8.02. The number of hydrogen-bond acceptors (Lipinski definition) is 4. The van der Waals surface area contributed by atoms with Crippen LogP contribution in [0.5, 0.6) is 11.5 Å². The van der Waals surface area contributed by atoms with Crippen molar-refractivity contribution in [2.75, 3.05) is 13.2 Å². The maximum atomic E-state index is 12.8. The summed E-state index contributed by atoms with van der Waals surface area (Å²) in [6, 6.07) is 11.7. The van der Waals surface area contributed by atoms with Crippen LogP contribution in [0.15, 0.2) is 48.5 Å². The maximum Gasteiger partial charge on any atom is 0.387 e. The van der Waals surface area contributed by atoms with Gasteiger partial charge in [0.15, 0.2) is 0 Å². The smallest absolute Gasteiger partial charge is 0.387 e. The van der Waals surface area contributed by atoms with Gasteiger partial charge < -0.3 is 14.8 Å². The largest absolute Gasteiger partial charge is 0.492 e. The molecule has 0 spiro atoms. The Balaban J connectivity index is 1.65. The molecule has 1 N–H and O–H groups in total. The first kappa shape index (κ1) is 19.9. The highest BCUT2D eigenvalue weighted by atomic mass is 35.5. The van der Waals surface area contributed by atoms with Crippen LogP contribution in [-0.2, 0) is 10.3 Å². The Morgan fingerprint density at radius 1 is 1.07 bits per heavy atom. The Morgan fingerprint density at radius 3 is 2.29 bits per heavy atom. The van der Waals surface area contributed by atoms with Crippen molar-refractivity contribution in [2.24, 2.45) is 0 Å². The SMILES string of the molecule is C[C@@]1(c2ccc(OC(F)F)cc2)NC(=O)N(CCOc2ccc(Cl)cc2)C1=O. The Labute approximate surface area is 165 Å². The molecule has 148 valence electrons. The minimum absolute atomic E-state index is 0.0349. The van der Waals surface area contributed by atoms with E-state index < -0.39 is 24.1 Å². The Bertz CT molecular complexity index is 861. The third-order valence-electron chi connectivity index (χ3n) is 4.33. The molecule has 1 saturated heterocycles. The Morgan fingerprint density at radius 2 is 1.68 bits per heavy atom. The molecular weight excluding hydrogens is 394 g/mol. The number of nitrogens with zero attached hydrogens (tertiary/aromatic N) is 1. The number of benzene rings is 2. The monoisotopic (exact) mass is 410 g/mol. The van der Waals surface area contributed by atoms with Gasteiger partial charge in [0, 0.05) is 5.02 Å². The summed E-state index contributed by atoms with van der Waals surface area (Å²) in [5, 5.41) is 3.21. The number of alkyl halides is 2. The first-order chi connectivity index (χ1) is 13.3. The zero-order chi connectivity index (χ0) is 20.3. The number of nitrogens with one attached hydrogen (secondary N) is 1. The molecule has 1 atom stereocenters. The van der Waals surface area contributed by atoms with E-state index in [1.807, 2.05) is 0 Å². The number of carbonyl (C=O) groups excluding carboxylic acids is 2. The van der Waals surface area contributed by atoms with Crippen molar-refractivity contribution in [3.05, 3.63) is 59.1 Å². The van der Waals surface area contributed by atoms with Gasteiger partial charge in [-0.3, -0.25) is 9.69 Å². The van der Waals surface area contributed by atoms with Crippen molar-refractivity contribution in [1.82, 2.24) is 10.2 Å². The van der Waals surface area contributed by atoms with Gasteiger partial charge in [0.25, 0.3) is 5.91 Å². The molecule has 0 saturated carbocycles. The van der Waals surface area contributed by atoms with Crippen LogP contribution in [0.4, 0.5) is 13.6 Å². The van der Waals surface area contributed by atoms with Crippen molar-refractivity contribution in [1.29, 1.82) is 0 Å². The van der Waals surface area contributed by atoms with Crippen molar-refractivity contribution in [3.8, 4) is 11.5 Å². The van der Waals surface area contributed by atoms with Crippen molar-refractivity contribution >= 4 is 23.5 Å². The van der Waals surface area contributed by atoms with E-state index in [-0.39, 0.29) is 18.9 Å². The number of urea groups is 1. The molecule has 3 amide bonds. The lowest BCUT2D eigenvalue weighted by molar-refractivity contribution is -0.131. The number of ether oxygens (including phenoxy) is 2. The van der Waals surface area contributed by atoms with E-state index in [2.05, 4.69) is 10.1 Å². The van der Waals surface area contributed by atoms with E-state index in [1.54, 1.807) is 31.2 Å². The minimum Gasteiger partial charge on any atom is -0.492 e. The fourth-order valence-electron chi connectivity index (χ4n) is 2.85. The van der Waals surface area contributed by atoms with Crippen LogP contribution in [0, 0.1) is 0 Å². The highest BCUT2D eigenvalue weighted by Crippen LogP contribution is 2.30. The van der Waals surface area contributed by atoms with Crippen LogP contribution in [0.3, 0.4) is 0 Å². The maximum absolute atomic E-state index is 12.8. The number of amides is 3. The van der Waals surface area contributed by atoms with Crippen molar-refractivity contribution < 1.29 is 27.8 Å². The second-order valence-corrected chi connectivity index (χ2v) is 6.65. The third-order valence-corrected chi connectivity index (χ3v) is 4.58. The zero-order valence-corrected chi connectivity index (χ0v) is 15.6. The second-order valence-electron chi connectivity index (χ2n) is 6.22. The minimum atomic E-state index is -2.94. The standard InChI is InChI=1S/C19H17ClF2N2O4/c1-19(12-2-6-15(7-3-12)28-17(21)22)16(25)24(18(26)23-19)10-11-27-14-8-4-13(20)5-9-14/h2-9,17H,10-11H2,1H3,(H,23,26)/t19-/m0/s1.